The molecular formula is C19H16ClN5O. The summed E-state index contributed by atoms with van der Waals surface area (Å²) >= 11 is 6.30. The molecule has 0 atom stereocenters. The maximum absolute atomic E-state index is 12.6. The summed E-state index contributed by atoms with van der Waals surface area (Å²) in [4.78, 5) is 21.2. The number of rotatable bonds is 3. The van der Waals surface area contributed by atoms with Crippen molar-refractivity contribution in [1.29, 1.82) is 0 Å². The molecule has 0 aliphatic carbocycles. The van der Waals surface area contributed by atoms with Crippen molar-refractivity contribution < 1.29 is 4.79 Å². The molecule has 130 valence electrons. The van der Waals surface area contributed by atoms with Crippen LogP contribution in [0.5, 0.6) is 0 Å². The molecule has 0 bridgehead atoms. The van der Waals surface area contributed by atoms with E-state index in [0.717, 1.165) is 27.5 Å². The highest BCUT2D eigenvalue weighted by molar-refractivity contribution is 6.31. The number of nitrogens with zero attached hydrogens (tertiary/aromatic N) is 5. The summed E-state index contributed by atoms with van der Waals surface area (Å²) in [5, 5.41) is 5.11. The fraction of sp³-hybridized carbons (Fsp3) is 0.158. The monoisotopic (exact) mass is 365 g/mol. The molecule has 1 aromatic carbocycles. The molecule has 26 heavy (non-hydrogen) atoms. The predicted octanol–water partition coefficient (Wildman–Crippen LogP) is 3.48. The molecule has 0 saturated carbocycles. The van der Waals surface area contributed by atoms with Gasteiger partial charge in [0.05, 0.1) is 6.20 Å². The summed E-state index contributed by atoms with van der Waals surface area (Å²) in [5.41, 5.74) is 4.87. The van der Waals surface area contributed by atoms with Crippen LogP contribution in [-0.4, -0.2) is 30.1 Å². The zero-order valence-corrected chi connectivity index (χ0v) is 15.1. The third-order valence-corrected chi connectivity index (χ3v) is 4.87. The van der Waals surface area contributed by atoms with Crippen molar-refractivity contribution in [3.05, 3.63) is 82.3 Å². The second kappa shape index (κ2) is 6.38. The average molecular weight is 366 g/mol. The Balaban J connectivity index is 1.81. The second-order valence-electron chi connectivity index (χ2n) is 6.10. The second-order valence-corrected chi connectivity index (χ2v) is 6.51. The molecule has 3 aromatic heterocycles. The van der Waals surface area contributed by atoms with Crippen molar-refractivity contribution in [3.63, 3.8) is 0 Å². The molecule has 6 nitrogen and oxygen atoms in total. The Labute approximate surface area is 155 Å². The summed E-state index contributed by atoms with van der Waals surface area (Å²) in [6.07, 6.45) is 6.85. The summed E-state index contributed by atoms with van der Waals surface area (Å²) in [6, 6.07) is 7.76. The van der Waals surface area contributed by atoms with E-state index in [9.17, 15) is 4.79 Å². The first-order valence-electron chi connectivity index (χ1n) is 8.16. The maximum Gasteiger partial charge on any atom is 0.268 e. The minimum atomic E-state index is -0.206. The van der Waals surface area contributed by atoms with Crippen LogP contribution >= 0.6 is 11.6 Å². The van der Waals surface area contributed by atoms with Crippen LogP contribution in [0.4, 0.5) is 0 Å². The number of hydrogen-bond donors (Lipinski definition) is 0. The molecule has 0 aliphatic heterocycles. The van der Waals surface area contributed by atoms with Gasteiger partial charge in [-0.3, -0.25) is 9.36 Å². The van der Waals surface area contributed by atoms with E-state index in [1.54, 1.807) is 23.1 Å². The van der Waals surface area contributed by atoms with Gasteiger partial charge in [-0.1, -0.05) is 29.8 Å². The first kappa shape index (κ1) is 16.5. The largest absolute Gasteiger partial charge is 0.272 e. The Morgan fingerprint density at radius 2 is 2.04 bits per heavy atom. The van der Waals surface area contributed by atoms with Gasteiger partial charge in [0.15, 0.2) is 5.65 Å². The number of imidazole rings is 1. The minimum Gasteiger partial charge on any atom is -0.272 e. The van der Waals surface area contributed by atoms with Crippen LogP contribution in [0.25, 0.3) is 5.65 Å². The van der Waals surface area contributed by atoms with E-state index in [-0.39, 0.29) is 5.91 Å². The van der Waals surface area contributed by atoms with Gasteiger partial charge >= 0.3 is 0 Å². The molecule has 0 radical (unpaired) electrons. The van der Waals surface area contributed by atoms with E-state index in [1.807, 2.05) is 38.1 Å². The normalized spacial score (nSPS) is 11.2. The standard InChI is InChI=1S/C19H16ClN5O/c1-12-15(9-14-5-3-4-6-17(14)20)13(2)25-18(23-12)16(10-22-25)19(26)24-8-7-21-11-24/h3-8,10-11H,9H2,1-2H3. The lowest BCUT2D eigenvalue weighted by Crippen LogP contribution is -2.12. The summed E-state index contributed by atoms with van der Waals surface area (Å²) in [7, 11) is 0. The topological polar surface area (TPSA) is 65.1 Å². The molecule has 0 N–H and O–H groups in total. The molecule has 0 amide bonds. The fourth-order valence-electron chi connectivity index (χ4n) is 3.07. The summed E-state index contributed by atoms with van der Waals surface area (Å²) in [5.74, 6) is -0.206. The van der Waals surface area contributed by atoms with Crippen LogP contribution in [0.15, 0.2) is 49.2 Å². The molecular weight excluding hydrogens is 350 g/mol. The van der Waals surface area contributed by atoms with Crippen molar-refractivity contribution in [2.45, 2.75) is 20.3 Å². The van der Waals surface area contributed by atoms with E-state index in [1.165, 1.54) is 10.9 Å². The average Bonchev–Trinajstić information content (AvgIpc) is 3.29. The van der Waals surface area contributed by atoms with Gasteiger partial charge in [0.1, 0.15) is 11.9 Å². The van der Waals surface area contributed by atoms with Crippen LogP contribution in [0.2, 0.25) is 5.02 Å². The molecule has 0 fully saturated rings. The number of aromatic nitrogens is 5. The highest BCUT2D eigenvalue weighted by Crippen LogP contribution is 2.24. The molecule has 0 aliphatic rings. The van der Waals surface area contributed by atoms with Crippen molar-refractivity contribution >= 4 is 23.2 Å². The molecule has 0 spiro atoms. The first-order valence-corrected chi connectivity index (χ1v) is 8.54. The Bertz CT molecular complexity index is 1110. The third kappa shape index (κ3) is 2.68. The zero-order valence-electron chi connectivity index (χ0n) is 14.3. The lowest BCUT2D eigenvalue weighted by atomic mass is 10.0. The number of fused-ring (bicyclic) bond motifs is 1. The van der Waals surface area contributed by atoms with Crippen molar-refractivity contribution in [3.8, 4) is 0 Å². The molecule has 7 heteroatoms. The van der Waals surface area contributed by atoms with Crippen LogP contribution in [0.1, 0.15) is 32.9 Å². The number of carbonyl (C=O) groups is 1. The Morgan fingerprint density at radius 1 is 1.23 bits per heavy atom. The molecule has 4 aromatic rings. The lowest BCUT2D eigenvalue weighted by Gasteiger charge is -2.12. The number of benzene rings is 1. The summed E-state index contributed by atoms with van der Waals surface area (Å²) in [6.45, 7) is 3.92. The highest BCUT2D eigenvalue weighted by Gasteiger charge is 2.19. The van der Waals surface area contributed by atoms with E-state index in [2.05, 4.69) is 15.1 Å². The van der Waals surface area contributed by atoms with Gasteiger partial charge in [-0.05, 0) is 31.0 Å². The van der Waals surface area contributed by atoms with Gasteiger partial charge < -0.3 is 0 Å². The van der Waals surface area contributed by atoms with Gasteiger partial charge in [-0.15, -0.1) is 0 Å². The molecule has 4 rings (SSSR count). The highest BCUT2D eigenvalue weighted by atomic mass is 35.5. The first-order chi connectivity index (χ1) is 12.6. The predicted molar refractivity (Wildman–Crippen MR) is 98.7 cm³/mol. The fourth-order valence-corrected chi connectivity index (χ4v) is 3.27. The Hall–Kier alpha value is -2.99. The van der Waals surface area contributed by atoms with Gasteiger partial charge in [0, 0.05) is 35.2 Å². The van der Waals surface area contributed by atoms with Crippen molar-refractivity contribution in [1.82, 2.24) is 24.1 Å². The van der Waals surface area contributed by atoms with Gasteiger partial charge in [-0.25, -0.2) is 14.5 Å². The quantitative estimate of drug-likeness (QED) is 0.557. The van der Waals surface area contributed by atoms with Crippen LogP contribution in [0, 0.1) is 13.8 Å². The van der Waals surface area contributed by atoms with Gasteiger partial charge in [-0.2, -0.15) is 5.10 Å². The molecule has 0 unspecified atom stereocenters. The third-order valence-electron chi connectivity index (χ3n) is 4.50. The van der Waals surface area contributed by atoms with E-state index in [4.69, 9.17) is 11.6 Å². The molecule has 3 heterocycles. The number of carbonyl (C=O) groups excluding carboxylic acids is 1. The van der Waals surface area contributed by atoms with Crippen molar-refractivity contribution in [2.24, 2.45) is 0 Å². The number of hydrogen-bond acceptors (Lipinski definition) is 4. The van der Waals surface area contributed by atoms with Gasteiger partial charge in [0.25, 0.3) is 5.91 Å². The Kier molecular flexibility index (Phi) is 4.05. The number of aryl methyl sites for hydroxylation is 2. The minimum absolute atomic E-state index is 0.206. The van der Waals surface area contributed by atoms with E-state index >= 15 is 0 Å². The van der Waals surface area contributed by atoms with Crippen LogP contribution < -0.4 is 0 Å². The smallest absolute Gasteiger partial charge is 0.268 e. The maximum atomic E-state index is 12.6. The molecule has 0 saturated heterocycles. The summed E-state index contributed by atoms with van der Waals surface area (Å²) < 4.78 is 3.13. The van der Waals surface area contributed by atoms with E-state index in [0.29, 0.717) is 17.6 Å². The SMILES string of the molecule is Cc1nc2c(C(=O)n3ccnc3)cnn2c(C)c1Cc1ccccc1Cl. The van der Waals surface area contributed by atoms with Crippen LogP contribution in [0.3, 0.4) is 0 Å². The van der Waals surface area contributed by atoms with Gasteiger partial charge in [0.2, 0.25) is 0 Å². The van der Waals surface area contributed by atoms with Crippen LogP contribution in [-0.2, 0) is 6.42 Å². The zero-order chi connectivity index (χ0) is 18.3. The van der Waals surface area contributed by atoms with E-state index < -0.39 is 0 Å². The lowest BCUT2D eigenvalue weighted by molar-refractivity contribution is 0.0961. The number of halogens is 1. The van der Waals surface area contributed by atoms with Crippen molar-refractivity contribution in [2.75, 3.05) is 0 Å². The Morgan fingerprint density at radius 3 is 2.77 bits per heavy atom.